The smallest absolute Gasteiger partial charge is 0.338 e. The molecule has 0 atom stereocenters. The first-order valence-electron chi connectivity index (χ1n) is 7.76. The van der Waals surface area contributed by atoms with E-state index in [1.165, 1.54) is 19.2 Å². The van der Waals surface area contributed by atoms with Gasteiger partial charge in [0.05, 0.1) is 29.8 Å². The largest absolute Gasteiger partial charge is 0.497 e. The van der Waals surface area contributed by atoms with Crippen LogP contribution in [0.15, 0.2) is 46.9 Å². The number of halogens is 2. The van der Waals surface area contributed by atoms with Crippen molar-refractivity contribution < 1.29 is 18.7 Å². The number of carbonyl (C=O) groups is 1. The van der Waals surface area contributed by atoms with Crippen LogP contribution in [0.4, 0.5) is 10.2 Å². The molecule has 0 saturated heterocycles. The van der Waals surface area contributed by atoms with E-state index in [1.807, 2.05) is 24.3 Å². The summed E-state index contributed by atoms with van der Waals surface area (Å²) in [6.07, 6.45) is 0. The number of nitrogens with one attached hydrogen (secondary N) is 1. The van der Waals surface area contributed by atoms with Crippen LogP contribution in [0.3, 0.4) is 0 Å². The van der Waals surface area contributed by atoms with Crippen molar-refractivity contribution in [3.8, 4) is 5.75 Å². The summed E-state index contributed by atoms with van der Waals surface area (Å²) in [5.41, 5.74) is 1.69. The van der Waals surface area contributed by atoms with Gasteiger partial charge in [0.15, 0.2) is 0 Å². The molecule has 0 bridgehead atoms. The Bertz CT molecular complexity index is 961. The maximum absolute atomic E-state index is 13.9. The maximum atomic E-state index is 13.9. The van der Waals surface area contributed by atoms with Gasteiger partial charge in [-0.15, -0.1) is 0 Å². The Hall–Kier alpha value is -2.67. The molecule has 0 aliphatic carbocycles. The predicted octanol–water partition coefficient (Wildman–Crippen LogP) is 4.54. The number of benzene rings is 2. The lowest BCUT2D eigenvalue weighted by molar-refractivity contribution is 0.0603. The fourth-order valence-corrected chi connectivity index (χ4v) is 2.87. The van der Waals surface area contributed by atoms with Crippen molar-refractivity contribution in [1.29, 1.82) is 0 Å². The van der Waals surface area contributed by atoms with Gasteiger partial charge in [-0.3, -0.25) is 0 Å². The summed E-state index contributed by atoms with van der Waals surface area (Å²) in [4.78, 5) is 16.5. The van der Waals surface area contributed by atoms with Crippen LogP contribution in [0.2, 0.25) is 0 Å². The van der Waals surface area contributed by atoms with Gasteiger partial charge in [-0.25, -0.2) is 14.2 Å². The molecule has 3 rings (SSSR count). The highest BCUT2D eigenvalue weighted by Crippen LogP contribution is 2.27. The Morgan fingerprint density at radius 2 is 1.92 bits per heavy atom. The second-order valence-corrected chi connectivity index (χ2v) is 6.39. The molecule has 26 heavy (non-hydrogen) atoms. The quantitative estimate of drug-likeness (QED) is 0.616. The standard InChI is InChI=1S/C19H16BrFN2O3/c1-25-12-5-3-11(4-6-12)10-22-18-8-14(19(24)26-2)13-7-15(20)16(21)9-17(13)23-18/h3-9H,10H2,1-2H3,(H,22,23). The first-order chi connectivity index (χ1) is 12.5. The van der Waals surface area contributed by atoms with Gasteiger partial charge in [0, 0.05) is 18.0 Å². The normalized spacial score (nSPS) is 10.6. The Morgan fingerprint density at radius 3 is 2.58 bits per heavy atom. The molecule has 5 nitrogen and oxygen atoms in total. The van der Waals surface area contributed by atoms with E-state index in [0.29, 0.717) is 28.8 Å². The van der Waals surface area contributed by atoms with Crippen molar-refractivity contribution in [3.63, 3.8) is 0 Å². The monoisotopic (exact) mass is 418 g/mol. The highest BCUT2D eigenvalue weighted by atomic mass is 79.9. The Balaban J connectivity index is 1.94. The summed E-state index contributed by atoms with van der Waals surface area (Å²) in [6, 6.07) is 12.0. The minimum atomic E-state index is -0.511. The van der Waals surface area contributed by atoms with Gasteiger partial charge in [-0.1, -0.05) is 12.1 Å². The number of fused-ring (bicyclic) bond motifs is 1. The number of rotatable bonds is 5. The second-order valence-electron chi connectivity index (χ2n) is 5.53. The third kappa shape index (κ3) is 3.77. The molecule has 1 heterocycles. The zero-order valence-electron chi connectivity index (χ0n) is 14.2. The summed E-state index contributed by atoms with van der Waals surface area (Å²) >= 11 is 3.13. The van der Waals surface area contributed by atoms with Crippen molar-refractivity contribution in [3.05, 3.63) is 63.9 Å². The van der Waals surface area contributed by atoms with Gasteiger partial charge in [0.25, 0.3) is 0 Å². The molecular weight excluding hydrogens is 403 g/mol. The highest BCUT2D eigenvalue weighted by molar-refractivity contribution is 9.10. The fourth-order valence-electron chi connectivity index (χ4n) is 2.53. The van der Waals surface area contributed by atoms with Gasteiger partial charge >= 0.3 is 5.97 Å². The molecule has 2 aromatic carbocycles. The number of aromatic nitrogens is 1. The first kappa shape index (κ1) is 18.1. The van der Waals surface area contributed by atoms with Gasteiger partial charge in [-0.05, 0) is 45.8 Å². The topological polar surface area (TPSA) is 60.5 Å². The molecule has 0 radical (unpaired) electrons. The zero-order valence-corrected chi connectivity index (χ0v) is 15.8. The molecule has 0 saturated carbocycles. The van der Waals surface area contributed by atoms with Gasteiger partial charge in [0.1, 0.15) is 17.4 Å². The minimum absolute atomic E-state index is 0.260. The van der Waals surface area contributed by atoms with Crippen LogP contribution < -0.4 is 10.1 Å². The summed E-state index contributed by atoms with van der Waals surface area (Å²) in [6.45, 7) is 0.488. The van der Waals surface area contributed by atoms with E-state index >= 15 is 0 Å². The first-order valence-corrected chi connectivity index (χ1v) is 8.56. The van der Waals surface area contributed by atoms with Crippen LogP contribution in [0.5, 0.6) is 5.75 Å². The SMILES string of the molecule is COC(=O)c1cc(NCc2ccc(OC)cc2)nc2cc(F)c(Br)cc12. The maximum Gasteiger partial charge on any atom is 0.338 e. The zero-order chi connectivity index (χ0) is 18.7. The van der Waals surface area contributed by atoms with E-state index < -0.39 is 11.8 Å². The van der Waals surface area contributed by atoms with Crippen molar-refractivity contribution in [1.82, 2.24) is 4.98 Å². The summed E-state index contributed by atoms with van der Waals surface area (Å²) in [7, 11) is 2.91. The van der Waals surface area contributed by atoms with E-state index in [9.17, 15) is 9.18 Å². The van der Waals surface area contributed by atoms with Crippen molar-refractivity contribution in [2.75, 3.05) is 19.5 Å². The molecule has 0 aliphatic heterocycles. The lowest BCUT2D eigenvalue weighted by atomic mass is 10.1. The third-order valence-electron chi connectivity index (χ3n) is 3.89. The van der Waals surface area contributed by atoms with Crippen molar-refractivity contribution >= 4 is 38.6 Å². The number of hydrogen-bond acceptors (Lipinski definition) is 5. The van der Waals surface area contributed by atoms with E-state index in [1.54, 1.807) is 13.2 Å². The second kappa shape index (κ2) is 7.70. The Labute approximate surface area is 158 Å². The molecule has 1 aromatic heterocycles. The number of hydrogen-bond donors (Lipinski definition) is 1. The van der Waals surface area contributed by atoms with E-state index in [-0.39, 0.29) is 4.47 Å². The van der Waals surface area contributed by atoms with Crippen LogP contribution in [-0.2, 0) is 11.3 Å². The van der Waals surface area contributed by atoms with Gasteiger partial charge in [0.2, 0.25) is 0 Å². The number of nitrogens with zero attached hydrogens (tertiary/aromatic N) is 1. The third-order valence-corrected chi connectivity index (χ3v) is 4.50. The van der Waals surface area contributed by atoms with Crippen LogP contribution in [0.1, 0.15) is 15.9 Å². The average Bonchev–Trinajstić information content (AvgIpc) is 2.66. The molecule has 0 unspecified atom stereocenters. The van der Waals surface area contributed by atoms with E-state index in [2.05, 4.69) is 26.2 Å². The molecule has 134 valence electrons. The van der Waals surface area contributed by atoms with Gasteiger partial charge < -0.3 is 14.8 Å². The molecule has 1 N–H and O–H groups in total. The van der Waals surface area contributed by atoms with Crippen molar-refractivity contribution in [2.45, 2.75) is 6.54 Å². The molecule has 7 heteroatoms. The minimum Gasteiger partial charge on any atom is -0.497 e. The predicted molar refractivity (Wildman–Crippen MR) is 101 cm³/mol. The lowest BCUT2D eigenvalue weighted by Crippen LogP contribution is -2.07. The summed E-state index contributed by atoms with van der Waals surface area (Å²) in [5.74, 6) is 0.263. The number of methoxy groups -OCH3 is 2. The molecule has 0 aliphatic rings. The lowest BCUT2D eigenvalue weighted by Gasteiger charge is -2.11. The number of carbonyl (C=O) groups excluding carboxylic acids is 1. The number of esters is 1. The molecule has 3 aromatic rings. The molecule has 0 spiro atoms. The number of pyridine rings is 1. The Kier molecular flexibility index (Phi) is 5.37. The molecule has 0 fully saturated rings. The summed E-state index contributed by atoms with van der Waals surface area (Å²) < 4.78 is 24.1. The molecular formula is C19H16BrFN2O3. The van der Waals surface area contributed by atoms with Crippen LogP contribution in [0.25, 0.3) is 10.9 Å². The Morgan fingerprint density at radius 1 is 1.19 bits per heavy atom. The highest BCUT2D eigenvalue weighted by Gasteiger charge is 2.15. The van der Waals surface area contributed by atoms with E-state index in [4.69, 9.17) is 9.47 Å². The summed E-state index contributed by atoms with van der Waals surface area (Å²) in [5, 5.41) is 3.66. The molecule has 0 amide bonds. The van der Waals surface area contributed by atoms with Gasteiger partial charge in [-0.2, -0.15) is 0 Å². The average molecular weight is 419 g/mol. The number of ether oxygens (including phenoxy) is 2. The van der Waals surface area contributed by atoms with Crippen LogP contribution in [0, 0.1) is 5.82 Å². The van der Waals surface area contributed by atoms with Crippen LogP contribution in [-0.4, -0.2) is 25.2 Å². The van der Waals surface area contributed by atoms with Crippen molar-refractivity contribution in [2.24, 2.45) is 0 Å². The van der Waals surface area contributed by atoms with Crippen LogP contribution >= 0.6 is 15.9 Å². The fraction of sp³-hybridized carbons (Fsp3) is 0.158. The number of anilines is 1. The van der Waals surface area contributed by atoms with E-state index in [0.717, 1.165) is 11.3 Å².